The van der Waals surface area contributed by atoms with Crippen LogP contribution in [0.2, 0.25) is 11.5 Å². The number of rotatable bonds is 2. The van der Waals surface area contributed by atoms with Crippen molar-refractivity contribution < 1.29 is 4.57 Å². The van der Waals surface area contributed by atoms with Crippen LogP contribution in [-0.2, 0) is 7.05 Å². The van der Waals surface area contributed by atoms with E-state index >= 15 is 0 Å². The molecule has 0 bridgehead atoms. The van der Waals surface area contributed by atoms with Gasteiger partial charge in [-0.15, -0.1) is 0 Å². The van der Waals surface area contributed by atoms with Gasteiger partial charge in [0.2, 0.25) is 0 Å². The van der Waals surface area contributed by atoms with Gasteiger partial charge in [0.05, 0.1) is 0 Å². The molecule has 0 fully saturated rings. The average molecular weight is 462 g/mol. The molecule has 3 heteroatoms. The van der Waals surface area contributed by atoms with Crippen LogP contribution >= 0.6 is 0 Å². The summed E-state index contributed by atoms with van der Waals surface area (Å²) in [7, 11) is 2.12. The van der Waals surface area contributed by atoms with Crippen molar-refractivity contribution in [2.75, 3.05) is 0 Å². The Balaban J connectivity index is 1.85. The molecule has 4 aromatic rings. The number of hydrogen-bond donors (Lipinski definition) is 0. The van der Waals surface area contributed by atoms with E-state index in [1.807, 2.05) is 18.2 Å². The molecule has 5 rings (SSSR count). The van der Waals surface area contributed by atoms with E-state index in [1.54, 1.807) is 0 Å². The number of aromatic nitrogens is 1. The fourth-order valence-corrected chi connectivity index (χ4v) is 13.2. The zero-order valence-corrected chi connectivity index (χ0v) is 20.5. The van der Waals surface area contributed by atoms with Gasteiger partial charge in [0.1, 0.15) is 0 Å². The summed E-state index contributed by atoms with van der Waals surface area (Å²) >= 11 is -2.77. The average Bonchev–Trinajstić information content (AvgIpc) is 3.01. The molecule has 0 amide bonds. The number of fused-ring (bicyclic) bond motifs is 3. The van der Waals surface area contributed by atoms with E-state index in [0.717, 1.165) is 16.7 Å². The molecular formula is C28H25GeN2+. The normalized spacial score (nSPS) is 13.4. The third kappa shape index (κ3) is 2.88. The Morgan fingerprint density at radius 3 is 2.13 bits per heavy atom. The van der Waals surface area contributed by atoms with Gasteiger partial charge >= 0.3 is 187 Å². The second kappa shape index (κ2) is 7.22. The van der Waals surface area contributed by atoms with Crippen molar-refractivity contribution in [3.05, 3.63) is 90.1 Å². The van der Waals surface area contributed by atoms with Gasteiger partial charge in [0.25, 0.3) is 0 Å². The summed E-state index contributed by atoms with van der Waals surface area (Å²) in [6.07, 6.45) is 2.12. The number of aryl methyl sites for hydroxylation is 2. The molecule has 0 radical (unpaired) electrons. The predicted octanol–water partition coefficient (Wildman–Crippen LogP) is 4.83. The molecule has 0 spiro atoms. The van der Waals surface area contributed by atoms with Crippen molar-refractivity contribution in [1.82, 2.24) is 0 Å². The Labute approximate surface area is 186 Å². The SMILES string of the molecule is Cc1ccc2[c](c1-c1cccc[n+]1C)[Ge]([CH3])([CH3])[c]1c-2ccc(-c2ccccc2)c1C#N. The minimum absolute atomic E-state index is 0.867. The van der Waals surface area contributed by atoms with Crippen molar-refractivity contribution in [2.24, 2.45) is 7.05 Å². The molecule has 2 nitrogen and oxygen atoms in total. The van der Waals surface area contributed by atoms with Crippen LogP contribution in [0.1, 0.15) is 11.1 Å². The number of hydrogen-bond acceptors (Lipinski definition) is 1. The van der Waals surface area contributed by atoms with E-state index in [0.29, 0.717) is 0 Å². The quantitative estimate of drug-likeness (QED) is 0.310. The molecule has 150 valence electrons. The van der Waals surface area contributed by atoms with Crippen LogP contribution in [0.4, 0.5) is 0 Å². The monoisotopic (exact) mass is 463 g/mol. The van der Waals surface area contributed by atoms with Gasteiger partial charge in [-0.25, -0.2) is 0 Å². The van der Waals surface area contributed by atoms with Gasteiger partial charge in [0, 0.05) is 0 Å². The molecule has 0 saturated carbocycles. The molecule has 0 saturated heterocycles. The second-order valence-electron chi connectivity index (χ2n) is 8.89. The summed E-state index contributed by atoms with van der Waals surface area (Å²) in [6.45, 7) is 2.21. The Bertz CT molecular complexity index is 1380. The van der Waals surface area contributed by atoms with Gasteiger partial charge in [-0.3, -0.25) is 0 Å². The van der Waals surface area contributed by atoms with E-state index in [4.69, 9.17) is 0 Å². The van der Waals surface area contributed by atoms with Crippen LogP contribution < -0.4 is 13.4 Å². The van der Waals surface area contributed by atoms with Crippen LogP contribution in [0.15, 0.2) is 79.0 Å². The Morgan fingerprint density at radius 2 is 1.42 bits per heavy atom. The summed E-state index contributed by atoms with van der Waals surface area (Å²) in [5, 5.41) is 10.3. The van der Waals surface area contributed by atoms with Crippen LogP contribution in [0.3, 0.4) is 0 Å². The first-order chi connectivity index (χ1) is 14.9. The summed E-state index contributed by atoms with van der Waals surface area (Å²) in [4.78, 5) is 0. The van der Waals surface area contributed by atoms with E-state index in [1.165, 1.54) is 36.7 Å². The molecule has 3 aromatic carbocycles. The molecule has 0 unspecified atom stereocenters. The Kier molecular flexibility index (Phi) is 4.61. The van der Waals surface area contributed by atoms with Gasteiger partial charge in [-0.1, -0.05) is 0 Å². The number of benzene rings is 3. The van der Waals surface area contributed by atoms with Crippen molar-refractivity contribution >= 4 is 22.1 Å². The molecule has 0 aliphatic carbocycles. The Morgan fingerprint density at radius 1 is 0.774 bits per heavy atom. The minimum atomic E-state index is -2.77. The maximum absolute atomic E-state index is 10.3. The fourth-order valence-electron chi connectivity index (χ4n) is 5.27. The second-order valence-corrected chi connectivity index (χ2v) is 17.8. The summed E-state index contributed by atoms with van der Waals surface area (Å²) < 4.78 is 5.03. The van der Waals surface area contributed by atoms with Gasteiger partial charge < -0.3 is 0 Å². The van der Waals surface area contributed by atoms with E-state index in [9.17, 15) is 5.26 Å². The first-order valence-corrected chi connectivity index (χ1v) is 17.0. The predicted molar refractivity (Wildman–Crippen MR) is 130 cm³/mol. The zero-order valence-electron chi connectivity index (χ0n) is 18.4. The van der Waals surface area contributed by atoms with E-state index < -0.39 is 13.3 Å². The van der Waals surface area contributed by atoms with Gasteiger partial charge in [-0.2, -0.15) is 0 Å². The van der Waals surface area contributed by atoms with Crippen LogP contribution in [0.5, 0.6) is 0 Å². The van der Waals surface area contributed by atoms with Crippen molar-refractivity contribution in [3.63, 3.8) is 0 Å². The van der Waals surface area contributed by atoms with Gasteiger partial charge in [0.15, 0.2) is 0 Å². The van der Waals surface area contributed by atoms with E-state index in [2.05, 4.69) is 96.9 Å². The standard InChI is InChI=1S/C28H25GeN2/c1-19-13-14-23-22-16-15-21(20-10-6-5-7-11-20)24(18-30)27(22)29(2,3)28(23)26(19)25-12-8-9-17-31(25)4/h5-17H,1-4H3/q+1. The molecule has 1 aromatic heterocycles. The van der Waals surface area contributed by atoms with Crippen LogP contribution in [0, 0.1) is 18.3 Å². The number of pyridine rings is 1. The fraction of sp³-hybridized carbons (Fsp3) is 0.143. The molecule has 31 heavy (non-hydrogen) atoms. The van der Waals surface area contributed by atoms with Gasteiger partial charge in [-0.05, 0) is 0 Å². The number of nitrogens with zero attached hydrogens (tertiary/aromatic N) is 2. The van der Waals surface area contributed by atoms with Crippen molar-refractivity contribution in [3.8, 4) is 39.6 Å². The third-order valence-electron chi connectivity index (χ3n) is 6.67. The zero-order chi connectivity index (χ0) is 21.8. The molecular weight excluding hydrogens is 437 g/mol. The summed E-state index contributed by atoms with van der Waals surface area (Å²) in [5.74, 6) is 4.90. The van der Waals surface area contributed by atoms with Crippen molar-refractivity contribution in [2.45, 2.75) is 18.4 Å². The van der Waals surface area contributed by atoms with Crippen molar-refractivity contribution in [1.29, 1.82) is 5.26 Å². The molecule has 0 atom stereocenters. The topological polar surface area (TPSA) is 27.7 Å². The van der Waals surface area contributed by atoms with Crippen LogP contribution in [0.25, 0.3) is 33.5 Å². The molecule has 2 heterocycles. The van der Waals surface area contributed by atoms with E-state index in [-0.39, 0.29) is 0 Å². The molecule has 0 N–H and O–H groups in total. The maximum atomic E-state index is 10.3. The first kappa shape index (κ1) is 19.8. The summed E-state index contributed by atoms with van der Waals surface area (Å²) in [6, 6.07) is 28.2. The Hall–Kier alpha value is -3.16. The first-order valence-electron chi connectivity index (χ1n) is 10.7. The van der Waals surface area contributed by atoms with Crippen LogP contribution in [-0.4, -0.2) is 13.3 Å². The third-order valence-corrected chi connectivity index (χ3v) is 14.1. The molecule has 1 aliphatic heterocycles. The summed E-state index contributed by atoms with van der Waals surface area (Å²) in [5.41, 5.74) is 9.51. The molecule has 1 aliphatic rings. The number of nitriles is 1.